The average molecular weight is 467 g/mol. The number of carbonyl (C=O) groups excluding carboxylic acids is 1. The number of hydrogen-bond donors (Lipinski definition) is 1. The minimum atomic E-state index is -0.957. The number of aryl methyl sites for hydroxylation is 3. The first-order valence-electron chi connectivity index (χ1n) is 11.8. The molecule has 1 saturated heterocycles. The third kappa shape index (κ3) is 4.02. The molecule has 0 bridgehead atoms. The number of rotatable bonds is 6. The number of carbonyl (C=O) groups is 2. The lowest BCUT2D eigenvalue weighted by Crippen LogP contribution is -2.41. The summed E-state index contributed by atoms with van der Waals surface area (Å²) in [5, 5.41) is 14.1. The summed E-state index contributed by atoms with van der Waals surface area (Å²) in [7, 11) is 1.83. The van der Waals surface area contributed by atoms with Crippen LogP contribution >= 0.6 is 0 Å². The highest BCUT2D eigenvalue weighted by Crippen LogP contribution is 2.36. The Morgan fingerprint density at radius 3 is 2.85 bits per heavy atom. The van der Waals surface area contributed by atoms with Crippen LogP contribution in [-0.2, 0) is 35.5 Å². The topological polar surface area (TPSA) is 106 Å². The second-order valence-corrected chi connectivity index (χ2v) is 9.13. The van der Waals surface area contributed by atoms with Crippen molar-refractivity contribution in [2.24, 2.45) is 0 Å². The van der Waals surface area contributed by atoms with Crippen LogP contribution in [0, 0.1) is 0 Å². The van der Waals surface area contributed by atoms with E-state index in [1.165, 1.54) is 4.90 Å². The second kappa shape index (κ2) is 9.09. The van der Waals surface area contributed by atoms with Gasteiger partial charge in [-0.1, -0.05) is 0 Å². The molecule has 2 aliphatic heterocycles. The fourth-order valence-corrected chi connectivity index (χ4v) is 5.06. The van der Waals surface area contributed by atoms with E-state index in [1.54, 1.807) is 11.1 Å². The zero-order valence-electron chi connectivity index (χ0n) is 19.6. The van der Waals surface area contributed by atoms with E-state index in [1.807, 2.05) is 47.6 Å². The standard InChI is InChI=1S/C24H30N6O4/c1-16-4-5-18-19(30(16)24(32)33)6-7-20-23(18)26-21(8-12-28-11-3-10-25-28)29(20)14-22(31)27(2)17-9-13-34-15-17/h3,6-7,10-11,16-17H,4-5,8-9,12-15H2,1-2H3,(H,32,33)/t16-,17-/m0/s1. The van der Waals surface area contributed by atoms with Gasteiger partial charge < -0.3 is 19.3 Å². The van der Waals surface area contributed by atoms with Crippen molar-refractivity contribution in [3.8, 4) is 0 Å². The Kier molecular flexibility index (Phi) is 5.99. The fourth-order valence-electron chi connectivity index (χ4n) is 5.06. The van der Waals surface area contributed by atoms with E-state index < -0.39 is 6.09 Å². The molecule has 0 radical (unpaired) electrons. The highest BCUT2D eigenvalue weighted by atomic mass is 16.5. The highest BCUT2D eigenvalue weighted by molar-refractivity contribution is 5.95. The van der Waals surface area contributed by atoms with Crippen LogP contribution in [0.15, 0.2) is 30.6 Å². The van der Waals surface area contributed by atoms with Gasteiger partial charge in [0.1, 0.15) is 12.4 Å². The van der Waals surface area contributed by atoms with Gasteiger partial charge in [0.05, 0.1) is 29.4 Å². The smallest absolute Gasteiger partial charge is 0.412 e. The average Bonchev–Trinajstić information content (AvgIpc) is 3.58. The van der Waals surface area contributed by atoms with Crippen LogP contribution in [0.25, 0.3) is 11.0 Å². The van der Waals surface area contributed by atoms with Crippen molar-refractivity contribution in [1.29, 1.82) is 0 Å². The summed E-state index contributed by atoms with van der Waals surface area (Å²) < 4.78 is 9.29. The van der Waals surface area contributed by atoms with Crippen LogP contribution in [0.4, 0.5) is 10.5 Å². The predicted molar refractivity (Wildman–Crippen MR) is 126 cm³/mol. The molecule has 10 heteroatoms. The van der Waals surface area contributed by atoms with Gasteiger partial charge in [-0.3, -0.25) is 14.4 Å². The number of amides is 2. The SMILES string of the molecule is C[C@H]1CCc2c(ccc3c2nc(CCn2cccn2)n3CC(=O)N(C)[C@H]2CCOC2)N1C(=O)O. The number of anilines is 1. The lowest BCUT2D eigenvalue weighted by molar-refractivity contribution is -0.132. The van der Waals surface area contributed by atoms with Gasteiger partial charge in [0.15, 0.2) is 0 Å². The van der Waals surface area contributed by atoms with Crippen molar-refractivity contribution in [3.63, 3.8) is 0 Å². The minimum absolute atomic E-state index is 0.00800. The summed E-state index contributed by atoms with van der Waals surface area (Å²) >= 11 is 0. The number of benzene rings is 1. The third-order valence-corrected chi connectivity index (χ3v) is 7.06. The number of imidazole rings is 1. The maximum absolute atomic E-state index is 13.2. The van der Waals surface area contributed by atoms with Gasteiger partial charge in [-0.15, -0.1) is 0 Å². The quantitative estimate of drug-likeness (QED) is 0.599. The fraction of sp³-hybridized carbons (Fsp3) is 0.500. The molecule has 10 nitrogen and oxygen atoms in total. The molecule has 3 aromatic rings. The van der Waals surface area contributed by atoms with Crippen LogP contribution < -0.4 is 4.90 Å². The van der Waals surface area contributed by atoms with Crippen molar-refractivity contribution in [2.45, 2.75) is 57.8 Å². The minimum Gasteiger partial charge on any atom is -0.465 e. The molecule has 2 amide bonds. The molecular formula is C24H30N6O4. The van der Waals surface area contributed by atoms with Gasteiger partial charge in [-0.2, -0.15) is 5.10 Å². The number of ether oxygens (including phenoxy) is 1. The summed E-state index contributed by atoms with van der Waals surface area (Å²) in [6.45, 7) is 3.98. The van der Waals surface area contributed by atoms with E-state index >= 15 is 0 Å². The first-order chi connectivity index (χ1) is 16.4. The number of carboxylic acid groups (broad SMARTS) is 1. The Morgan fingerprint density at radius 1 is 1.29 bits per heavy atom. The number of likely N-dealkylation sites (N-methyl/N-ethyl adjacent to an activating group) is 1. The summed E-state index contributed by atoms with van der Waals surface area (Å²) in [5.41, 5.74) is 3.26. The summed E-state index contributed by atoms with van der Waals surface area (Å²) in [6.07, 6.45) is 5.62. The molecule has 0 spiro atoms. The van der Waals surface area contributed by atoms with E-state index in [4.69, 9.17) is 9.72 Å². The van der Waals surface area contributed by atoms with E-state index in [-0.39, 0.29) is 24.5 Å². The molecule has 2 aromatic heterocycles. The number of hydrogen-bond acceptors (Lipinski definition) is 5. The van der Waals surface area contributed by atoms with Crippen molar-refractivity contribution in [1.82, 2.24) is 24.2 Å². The zero-order valence-corrected chi connectivity index (χ0v) is 19.6. The molecule has 1 fully saturated rings. The predicted octanol–water partition coefficient (Wildman–Crippen LogP) is 2.54. The van der Waals surface area contributed by atoms with Gasteiger partial charge in [0, 0.05) is 50.6 Å². The van der Waals surface area contributed by atoms with Crippen LogP contribution in [0.5, 0.6) is 0 Å². The Morgan fingerprint density at radius 2 is 2.15 bits per heavy atom. The van der Waals surface area contributed by atoms with Crippen molar-refractivity contribution in [2.75, 3.05) is 25.2 Å². The monoisotopic (exact) mass is 466 g/mol. The van der Waals surface area contributed by atoms with Crippen molar-refractivity contribution >= 4 is 28.7 Å². The van der Waals surface area contributed by atoms with Gasteiger partial charge in [-0.05, 0) is 44.4 Å². The largest absolute Gasteiger partial charge is 0.465 e. The van der Waals surface area contributed by atoms with Crippen LogP contribution in [-0.4, -0.2) is 73.7 Å². The highest BCUT2D eigenvalue weighted by Gasteiger charge is 2.31. The third-order valence-electron chi connectivity index (χ3n) is 7.06. The molecule has 5 rings (SSSR count). The maximum atomic E-state index is 13.2. The van der Waals surface area contributed by atoms with Gasteiger partial charge in [0.2, 0.25) is 5.91 Å². The van der Waals surface area contributed by atoms with E-state index in [0.717, 1.165) is 41.7 Å². The molecule has 0 aliphatic carbocycles. The van der Waals surface area contributed by atoms with Gasteiger partial charge in [-0.25, -0.2) is 9.78 Å². The van der Waals surface area contributed by atoms with Crippen molar-refractivity contribution < 1.29 is 19.4 Å². The number of fused-ring (bicyclic) bond motifs is 3. The molecule has 180 valence electrons. The lowest BCUT2D eigenvalue weighted by Gasteiger charge is -2.33. The summed E-state index contributed by atoms with van der Waals surface area (Å²) in [5.74, 6) is 0.803. The first-order valence-corrected chi connectivity index (χ1v) is 11.8. The number of nitrogens with zero attached hydrogens (tertiary/aromatic N) is 6. The lowest BCUT2D eigenvalue weighted by atomic mass is 9.96. The molecular weight excluding hydrogens is 436 g/mol. The Hall–Kier alpha value is -3.40. The molecule has 2 atom stereocenters. The molecule has 0 saturated carbocycles. The van der Waals surface area contributed by atoms with Gasteiger partial charge in [0.25, 0.3) is 0 Å². The molecule has 34 heavy (non-hydrogen) atoms. The Labute approximate surface area is 197 Å². The van der Waals surface area contributed by atoms with E-state index in [0.29, 0.717) is 31.9 Å². The Bertz CT molecular complexity index is 1200. The van der Waals surface area contributed by atoms with E-state index in [9.17, 15) is 14.7 Å². The number of aromatic nitrogens is 4. The first kappa shape index (κ1) is 22.4. The maximum Gasteiger partial charge on any atom is 0.412 e. The van der Waals surface area contributed by atoms with E-state index in [2.05, 4.69) is 5.10 Å². The zero-order chi connectivity index (χ0) is 23.8. The molecule has 1 N–H and O–H groups in total. The van der Waals surface area contributed by atoms with Crippen LogP contribution in [0.1, 0.15) is 31.2 Å². The molecule has 0 unspecified atom stereocenters. The second-order valence-electron chi connectivity index (χ2n) is 9.13. The summed E-state index contributed by atoms with van der Waals surface area (Å²) in [6, 6.07) is 5.64. The van der Waals surface area contributed by atoms with Gasteiger partial charge >= 0.3 is 6.09 Å². The molecule has 1 aromatic carbocycles. The Balaban J connectivity index is 1.53. The van der Waals surface area contributed by atoms with Crippen LogP contribution in [0.2, 0.25) is 0 Å². The summed E-state index contributed by atoms with van der Waals surface area (Å²) in [4.78, 5) is 33.3. The normalized spacial score (nSPS) is 20.0. The van der Waals surface area contributed by atoms with Crippen molar-refractivity contribution in [3.05, 3.63) is 42.0 Å². The van der Waals surface area contributed by atoms with Crippen LogP contribution in [0.3, 0.4) is 0 Å². The molecule has 4 heterocycles. The molecule has 2 aliphatic rings.